The highest BCUT2D eigenvalue weighted by Crippen LogP contribution is 2.47. The van der Waals surface area contributed by atoms with Crippen molar-refractivity contribution >= 4 is 44.6 Å². The first kappa shape index (κ1) is 38.2. The van der Waals surface area contributed by atoms with Gasteiger partial charge in [-0.15, -0.1) is 0 Å². The first-order valence-electron chi connectivity index (χ1n) is 20.8. The SMILES string of the molecule is CC(C)(C)c1cccc(N2CN(c3cccc(Oc4ccc5c6cc(-c7ccccc7)ccc6n(-c6cc(C(C)(C)C)ccn6)c5c4)c3)c3cc(C(C)(C)C)ccc32)c1. The molecule has 9 rings (SSSR count). The molecule has 0 fully saturated rings. The van der Waals surface area contributed by atoms with Crippen molar-refractivity contribution in [3.05, 3.63) is 168 Å². The molecule has 0 saturated heterocycles. The molecule has 5 heteroatoms. The molecule has 1 aliphatic rings. The Morgan fingerprint density at radius 1 is 0.458 bits per heavy atom. The van der Waals surface area contributed by atoms with Crippen LogP contribution < -0.4 is 14.5 Å². The van der Waals surface area contributed by atoms with E-state index >= 15 is 0 Å². The highest BCUT2D eigenvalue weighted by atomic mass is 16.5. The monoisotopic (exact) mass is 774 g/mol. The van der Waals surface area contributed by atoms with Gasteiger partial charge < -0.3 is 14.5 Å². The first-order valence-corrected chi connectivity index (χ1v) is 20.8. The van der Waals surface area contributed by atoms with Crippen molar-refractivity contribution in [3.8, 4) is 28.4 Å². The van der Waals surface area contributed by atoms with Crippen molar-refractivity contribution in [2.24, 2.45) is 0 Å². The van der Waals surface area contributed by atoms with Gasteiger partial charge in [-0.25, -0.2) is 4.98 Å². The van der Waals surface area contributed by atoms with E-state index < -0.39 is 0 Å². The Bertz CT molecular complexity index is 2850. The predicted molar refractivity (Wildman–Crippen MR) is 249 cm³/mol. The summed E-state index contributed by atoms with van der Waals surface area (Å²) in [7, 11) is 0. The molecule has 5 nitrogen and oxygen atoms in total. The van der Waals surface area contributed by atoms with Crippen LogP contribution in [0.4, 0.5) is 22.7 Å². The van der Waals surface area contributed by atoms with E-state index in [0.29, 0.717) is 6.67 Å². The summed E-state index contributed by atoms with van der Waals surface area (Å²) in [5.41, 5.74) is 13.1. The van der Waals surface area contributed by atoms with E-state index in [1.54, 1.807) is 0 Å². The molecule has 0 saturated carbocycles. The van der Waals surface area contributed by atoms with Crippen LogP contribution >= 0.6 is 0 Å². The molecule has 296 valence electrons. The largest absolute Gasteiger partial charge is 0.457 e. The summed E-state index contributed by atoms with van der Waals surface area (Å²) in [6.07, 6.45) is 1.93. The number of rotatable bonds is 6. The zero-order valence-electron chi connectivity index (χ0n) is 35.8. The highest BCUT2D eigenvalue weighted by Gasteiger charge is 2.31. The van der Waals surface area contributed by atoms with Crippen molar-refractivity contribution in [2.45, 2.75) is 78.6 Å². The third-order valence-corrected chi connectivity index (χ3v) is 11.8. The maximum absolute atomic E-state index is 6.80. The number of aromatic nitrogens is 2. The minimum absolute atomic E-state index is 0.0129. The van der Waals surface area contributed by atoms with Crippen LogP contribution in [0.3, 0.4) is 0 Å². The smallest absolute Gasteiger partial charge is 0.137 e. The topological polar surface area (TPSA) is 33.5 Å². The standard InChI is InChI=1S/C54H54N4O/c1-52(2,3)38-17-13-18-41(30-38)56-35-57(50-31-39(53(4,5)6)22-26-48(50)56)42-19-14-20-43(33-42)59-44-23-24-45-46-29-37(36-15-11-10-12-16-36)21-25-47(46)58(49(45)34-44)51-32-40(27-28-55-51)54(7,8)9/h10-34H,35H2,1-9H3. The molecule has 0 N–H and O–H groups in total. The van der Waals surface area contributed by atoms with Crippen LogP contribution in [-0.4, -0.2) is 16.2 Å². The molecule has 0 unspecified atom stereocenters. The van der Waals surface area contributed by atoms with Crippen molar-refractivity contribution < 1.29 is 4.74 Å². The van der Waals surface area contributed by atoms with Gasteiger partial charge in [0.25, 0.3) is 0 Å². The van der Waals surface area contributed by atoms with Crippen molar-refractivity contribution in [1.29, 1.82) is 0 Å². The van der Waals surface area contributed by atoms with Gasteiger partial charge in [0, 0.05) is 40.5 Å². The summed E-state index contributed by atoms with van der Waals surface area (Å²) in [4.78, 5) is 9.79. The summed E-state index contributed by atoms with van der Waals surface area (Å²) in [6.45, 7) is 21.1. The Balaban J connectivity index is 1.12. The second-order valence-electron chi connectivity index (χ2n) is 19.1. The van der Waals surface area contributed by atoms with E-state index in [9.17, 15) is 0 Å². The van der Waals surface area contributed by atoms with Crippen LogP contribution in [0, 0.1) is 0 Å². The Kier molecular flexibility index (Phi) is 9.19. The van der Waals surface area contributed by atoms with Gasteiger partial charge in [0.05, 0.1) is 22.4 Å². The first-order chi connectivity index (χ1) is 28.1. The maximum Gasteiger partial charge on any atom is 0.137 e. The fourth-order valence-corrected chi connectivity index (χ4v) is 8.29. The summed E-state index contributed by atoms with van der Waals surface area (Å²) in [6, 6.07) is 52.6. The van der Waals surface area contributed by atoms with Crippen LogP contribution in [-0.2, 0) is 16.2 Å². The zero-order valence-corrected chi connectivity index (χ0v) is 35.8. The van der Waals surface area contributed by atoms with Gasteiger partial charge in [-0.3, -0.25) is 4.57 Å². The van der Waals surface area contributed by atoms with Crippen LogP contribution in [0.15, 0.2) is 152 Å². The molecular formula is C54H54N4O. The molecular weight excluding hydrogens is 721 g/mol. The fraction of sp³-hybridized carbons (Fsp3) is 0.241. The number of benzene rings is 6. The van der Waals surface area contributed by atoms with Gasteiger partial charge in [0.1, 0.15) is 24.0 Å². The Hall–Kier alpha value is -6.33. The van der Waals surface area contributed by atoms with Crippen LogP contribution in [0.5, 0.6) is 11.5 Å². The highest BCUT2D eigenvalue weighted by molar-refractivity contribution is 6.10. The minimum atomic E-state index is -0.0200. The molecule has 3 heterocycles. The Morgan fingerprint density at radius 2 is 1.12 bits per heavy atom. The average Bonchev–Trinajstić information content (AvgIpc) is 3.76. The van der Waals surface area contributed by atoms with Crippen LogP contribution in [0.1, 0.15) is 79.0 Å². The molecule has 0 amide bonds. The number of hydrogen-bond acceptors (Lipinski definition) is 4. The third kappa shape index (κ3) is 7.24. The van der Waals surface area contributed by atoms with Gasteiger partial charge in [-0.05, 0) is 117 Å². The fourth-order valence-electron chi connectivity index (χ4n) is 8.29. The lowest BCUT2D eigenvalue weighted by atomic mass is 9.86. The number of nitrogens with zero attached hydrogens (tertiary/aromatic N) is 4. The molecule has 8 aromatic rings. The predicted octanol–water partition coefficient (Wildman–Crippen LogP) is 14.8. The summed E-state index contributed by atoms with van der Waals surface area (Å²) < 4.78 is 9.09. The van der Waals surface area contributed by atoms with Gasteiger partial charge in [0.2, 0.25) is 0 Å². The number of anilines is 4. The molecule has 0 radical (unpaired) electrons. The molecule has 0 bridgehead atoms. The average molecular weight is 775 g/mol. The minimum Gasteiger partial charge on any atom is -0.457 e. The van der Waals surface area contributed by atoms with E-state index in [0.717, 1.165) is 39.4 Å². The lowest BCUT2D eigenvalue weighted by Gasteiger charge is -2.25. The van der Waals surface area contributed by atoms with Crippen LogP contribution in [0.25, 0.3) is 38.8 Å². The van der Waals surface area contributed by atoms with Crippen LogP contribution in [0.2, 0.25) is 0 Å². The molecule has 59 heavy (non-hydrogen) atoms. The third-order valence-electron chi connectivity index (χ3n) is 11.8. The number of pyridine rings is 1. The molecule has 0 atom stereocenters. The summed E-state index contributed by atoms with van der Waals surface area (Å²) in [5.74, 6) is 2.45. The normalized spacial score (nSPS) is 13.4. The Morgan fingerprint density at radius 3 is 1.86 bits per heavy atom. The van der Waals surface area contributed by atoms with Gasteiger partial charge in [-0.1, -0.05) is 123 Å². The van der Waals surface area contributed by atoms with Gasteiger partial charge in [-0.2, -0.15) is 0 Å². The molecule has 0 aliphatic carbocycles. The maximum atomic E-state index is 6.80. The van der Waals surface area contributed by atoms with Crippen molar-refractivity contribution in [2.75, 3.05) is 16.5 Å². The Labute approximate surface area is 349 Å². The molecule has 6 aromatic carbocycles. The van der Waals surface area contributed by atoms with Gasteiger partial charge >= 0.3 is 0 Å². The molecule has 1 aliphatic heterocycles. The lowest BCUT2D eigenvalue weighted by molar-refractivity contribution is 0.483. The van der Waals surface area contributed by atoms with E-state index in [4.69, 9.17) is 9.72 Å². The second-order valence-corrected chi connectivity index (χ2v) is 19.1. The van der Waals surface area contributed by atoms with Gasteiger partial charge in [0.15, 0.2) is 0 Å². The zero-order chi connectivity index (χ0) is 41.3. The van der Waals surface area contributed by atoms with Crippen molar-refractivity contribution in [3.63, 3.8) is 0 Å². The molecule has 2 aromatic heterocycles. The van der Waals surface area contributed by atoms with E-state index in [2.05, 4.69) is 222 Å². The summed E-state index contributed by atoms with van der Waals surface area (Å²) in [5, 5.41) is 2.33. The van der Waals surface area contributed by atoms with Crippen molar-refractivity contribution in [1.82, 2.24) is 9.55 Å². The lowest BCUT2D eigenvalue weighted by Crippen LogP contribution is -2.24. The second kappa shape index (κ2) is 14.2. The number of hydrogen-bond donors (Lipinski definition) is 0. The van der Waals surface area contributed by atoms with E-state index in [1.165, 1.54) is 50.3 Å². The number of fused-ring (bicyclic) bond motifs is 4. The molecule has 0 spiro atoms. The number of ether oxygens (including phenoxy) is 1. The van der Waals surface area contributed by atoms with E-state index in [1.807, 2.05) is 6.20 Å². The van der Waals surface area contributed by atoms with E-state index in [-0.39, 0.29) is 16.2 Å². The summed E-state index contributed by atoms with van der Waals surface area (Å²) >= 11 is 0. The quantitative estimate of drug-likeness (QED) is 0.168.